The summed E-state index contributed by atoms with van der Waals surface area (Å²) in [6.07, 6.45) is 3.14. The highest BCUT2D eigenvalue weighted by atomic mass is 32.2. The lowest BCUT2D eigenvalue weighted by Crippen LogP contribution is -2.48. The number of hydrogen-bond acceptors (Lipinski definition) is 5. The molecule has 0 bridgehead atoms. The Kier molecular flexibility index (Phi) is 4.54. The summed E-state index contributed by atoms with van der Waals surface area (Å²) in [6, 6.07) is -0.174. The van der Waals surface area contributed by atoms with E-state index in [1.165, 1.54) is 4.31 Å². The molecule has 0 aromatic carbocycles. The van der Waals surface area contributed by atoms with E-state index in [0.717, 1.165) is 19.3 Å². The minimum absolute atomic E-state index is 0.0323. The molecule has 0 saturated carbocycles. The fourth-order valence-electron chi connectivity index (χ4n) is 2.93. The lowest BCUT2D eigenvalue weighted by atomic mass is 10.0. The van der Waals surface area contributed by atoms with Gasteiger partial charge in [-0.05, 0) is 25.7 Å². The Morgan fingerprint density at radius 1 is 1.21 bits per heavy atom. The van der Waals surface area contributed by atoms with Crippen molar-refractivity contribution in [1.29, 1.82) is 0 Å². The zero-order chi connectivity index (χ0) is 14.1. The number of hydrogen-bond donors (Lipinski definition) is 1. The topological polar surface area (TPSA) is 91.8 Å². The average Bonchev–Trinajstić information content (AvgIpc) is 2.71. The van der Waals surface area contributed by atoms with Crippen molar-refractivity contribution in [3.8, 4) is 0 Å². The Balaban J connectivity index is 2.18. The molecule has 8 heteroatoms. The van der Waals surface area contributed by atoms with Crippen LogP contribution in [0.3, 0.4) is 0 Å². The number of piperidine rings is 1. The standard InChI is InChI=1S/C11H21NO5S2/c13-7-4-10-3-1-2-6-12(10)19(16,17)11-5-8-18(14,15)9-11/h10-11,13H,1-9H2. The summed E-state index contributed by atoms with van der Waals surface area (Å²) in [5.74, 6) is -0.285. The minimum Gasteiger partial charge on any atom is -0.396 e. The first-order valence-electron chi connectivity index (χ1n) is 6.69. The molecule has 112 valence electrons. The van der Waals surface area contributed by atoms with Crippen LogP contribution in [0, 0.1) is 0 Å². The number of sulfonamides is 1. The second kappa shape index (κ2) is 5.67. The van der Waals surface area contributed by atoms with Crippen molar-refractivity contribution < 1.29 is 21.9 Å². The molecule has 0 amide bonds. The smallest absolute Gasteiger partial charge is 0.218 e. The van der Waals surface area contributed by atoms with E-state index in [1.807, 2.05) is 0 Å². The lowest BCUT2D eigenvalue weighted by molar-refractivity contribution is 0.191. The summed E-state index contributed by atoms with van der Waals surface area (Å²) >= 11 is 0. The highest BCUT2D eigenvalue weighted by Gasteiger charge is 2.43. The first kappa shape index (κ1) is 15.2. The molecule has 2 aliphatic rings. The van der Waals surface area contributed by atoms with Crippen molar-refractivity contribution in [2.24, 2.45) is 0 Å². The number of aliphatic hydroxyl groups is 1. The summed E-state index contributed by atoms with van der Waals surface area (Å²) in [5, 5.41) is 8.24. The Labute approximate surface area is 114 Å². The van der Waals surface area contributed by atoms with E-state index < -0.39 is 25.1 Å². The third kappa shape index (κ3) is 3.29. The van der Waals surface area contributed by atoms with Gasteiger partial charge in [0.05, 0.1) is 16.8 Å². The van der Waals surface area contributed by atoms with E-state index in [0.29, 0.717) is 13.0 Å². The molecule has 6 nitrogen and oxygen atoms in total. The van der Waals surface area contributed by atoms with Crippen LogP contribution >= 0.6 is 0 Å². The van der Waals surface area contributed by atoms with Gasteiger partial charge in [-0.1, -0.05) is 6.42 Å². The van der Waals surface area contributed by atoms with Gasteiger partial charge in [0, 0.05) is 19.2 Å². The van der Waals surface area contributed by atoms with Gasteiger partial charge in [0.1, 0.15) is 0 Å². The van der Waals surface area contributed by atoms with Crippen LogP contribution in [0.1, 0.15) is 32.1 Å². The normalized spacial score (nSPS) is 32.5. The predicted octanol–water partition coefficient (Wildman–Crippen LogP) is -0.260. The van der Waals surface area contributed by atoms with E-state index in [-0.39, 0.29) is 30.6 Å². The third-order valence-corrected chi connectivity index (χ3v) is 8.33. The quantitative estimate of drug-likeness (QED) is 0.772. The van der Waals surface area contributed by atoms with Gasteiger partial charge in [0.15, 0.2) is 9.84 Å². The summed E-state index contributed by atoms with van der Waals surface area (Å²) in [5.41, 5.74) is 0. The molecule has 2 heterocycles. The van der Waals surface area contributed by atoms with Crippen LogP contribution < -0.4 is 0 Å². The summed E-state index contributed by atoms with van der Waals surface area (Å²) in [6.45, 7) is 0.406. The highest BCUT2D eigenvalue weighted by Crippen LogP contribution is 2.29. The summed E-state index contributed by atoms with van der Waals surface area (Å²) in [4.78, 5) is 0. The van der Waals surface area contributed by atoms with Gasteiger partial charge >= 0.3 is 0 Å². The first-order chi connectivity index (χ1) is 8.87. The first-order valence-corrected chi connectivity index (χ1v) is 10.0. The number of rotatable bonds is 4. The zero-order valence-corrected chi connectivity index (χ0v) is 12.5. The van der Waals surface area contributed by atoms with Crippen LogP contribution in [0.5, 0.6) is 0 Å². The molecule has 2 aliphatic heterocycles. The largest absolute Gasteiger partial charge is 0.396 e. The molecule has 1 N–H and O–H groups in total. The van der Waals surface area contributed by atoms with Crippen molar-refractivity contribution in [3.05, 3.63) is 0 Å². The van der Waals surface area contributed by atoms with Crippen LogP contribution in [-0.4, -0.2) is 62.2 Å². The van der Waals surface area contributed by atoms with Crippen molar-refractivity contribution >= 4 is 19.9 Å². The van der Waals surface area contributed by atoms with Crippen molar-refractivity contribution in [2.45, 2.75) is 43.4 Å². The molecule has 2 atom stereocenters. The molecule has 0 spiro atoms. The number of nitrogens with zero attached hydrogens (tertiary/aromatic N) is 1. The molecule has 2 rings (SSSR count). The Hall–Kier alpha value is -0.180. The summed E-state index contributed by atoms with van der Waals surface area (Å²) in [7, 11) is -6.76. The zero-order valence-electron chi connectivity index (χ0n) is 10.9. The SMILES string of the molecule is O=S1(=O)CCC(S(=O)(=O)N2CCCCC2CCO)C1. The van der Waals surface area contributed by atoms with Crippen molar-refractivity contribution in [1.82, 2.24) is 4.31 Å². The Morgan fingerprint density at radius 2 is 1.95 bits per heavy atom. The maximum atomic E-state index is 12.5. The van der Waals surface area contributed by atoms with Gasteiger partial charge in [-0.2, -0.15) is 4.31 Å². The van der Waals surface area contributed by atoms with Crippen LogP contribution in [0.4, 0.5) is 0 Å². The van der Waals surface area contributed by atoms with Crippen molar-refractivity contribution in [2.75, 3.05) is 24.7 Å². The van der Waals surface area contributed by atoms with Gasteiger partial charge in [-0.25, -0.2) is 16.8 Å². The molecular formula is C11H21NO5S2. The summed E-state index contributed by atoms with van der Waals surface area (Å²) < 4.78 is 49.4. The van der Waals surface area contributed by atoms with E-state index in [2.05, 4.69) is 0 Å². The molecule has 0 aromatic rings. The van der Waals surface area contributed by atoms with Gasteiger partial charge in [-0.3, -0.25) is 0 Å². The maximum absolute atomic E-state index is 12.5. The maximum Gasteiger partial charge on any atom is 0.218 e. The van der Waals surface area contributed by atoms with Crippen LogP contribution in [0.2, 0.25) is 0 Å². The van der Waals surface area contributed by atoms with Crippen molar-refractivity contribution in [3.63, 3.8) is 0 Å². The molecule has 2 saturated heterocycles. The predicted molar refractivity (Wildman–Crippen MR) is 72.0 cm³/mol. The van der Waals surface area contributed by atoms with Gasteiger partial charge in [-0.15, -0.1) is 0 Å². The monoisotopic (exact) mass is 311 g/mol. The molecule has 0 radical (unpaired) electrons. The Bertz CT molecular complexity index is 511. The van der Waals surface area contributed by atoms with E-state index >= 15 is 0 Å². The highest BCUT2D eigenvalue weighted by molar-refractivity contribution is 7.95. The van der Waals surface area contributed by atoms with Gasteiger partial charge in [0.25, 0.3) is 0 Å². The van der Waals surface area contributed by atoms with E-state index in [4.69, 9.17) is 5.11 Å². The molecule has 19 heavy (non-hydrogen) atoms. The fraction of sp³-hybridized carbons (Fsp3) is 1.00. The second-order valence-electron chi connectivity index (χ2n) is 5.34. The average molecular weight is 311 g/mol. The number of sulfone groups is 1. The lowest BCUT2D eigenvalue weighted by Gasteiger charge is -2.36. The molecule has 0 aromatic heterocycles. The molecular weight excluding hydrogens is 290 g/mol. The Morgan fingerprint density at radius 3 is 2.53 bits per heavy atom. The van der Waals surface area contributed by atoms with Crippen LogP contribution in [-0.2, 0) is 19.9 Å². The molecule has 0 aliphatic carbocycles. The van der Waals surface area contributed by atoms with E-state index in [9.17, 15) is 16.8 Å². The molecule has 2 unspecified atom stereocenters. The van der Waals surface area contributed by atoms with E-state index in [1.54, 1.807) is 0 Å². The third-order valence-electron chi connectivity index (χ3n) is 3.97. The minimum atomic E-state index is -3.56. The molecule has 2 fully saturated rings. The fourth-order valence-corrected chi connectivity index (χ4v) is 7.74. The van der Waals surface area contributed by atoms with Crippen LogP contribution in [0.15, 0.2) is 0 Å². The van der Waals surface area contributed by atoms with Crippen LogP contribution in [0.25, 0.3) is 0 Å². The van der Waals surface area contributed by atoms with Gasteiger partial charge in [0.2, 0.25) is 10.0 Å². The number of aliphatic hydroxyl groups excluding tert-OH is 1. The second-order valence-corrected chi connectivity index (χ2v) is 9.74. The van der Waals surface area contributed by atoms with Gasteiger partial charge < -0.3 is 5.11 Å².